The van der Waals surface area contributed by atoms with E-state index in [0.717, 1.165) is 12.2 Å². The first kappa shape index (κ1) is 10.3. The molecular weight excluding hydrogens is 178 g/mol. The predicted octanol–water partition coefficient (Wildman–Crippen LogP) is 1.68. The highest BCUT2D eigenvalue weighted by Gasteiger charge is 2.18. The van der Waals surface area contributed by atoms with Gasteiger partial charge in [0.1, 0.15) is 5.75 Å². The van der Waals surface area contributed by atoms with E-state index in [1.165, 1.54) is 5.56 Å². The first-order valence-corrected chi connectivity index (χ1v) is 7.93. The van der Waals surface area contributed by atoms with Crippen LogP contribution in [0.2, 0.25) is 13.1 Å². The summed E-state index contributed by atoms with van der Waals surface area (Å²) in [4.78, 5) is 0. The van der Waals surface area contributed by atoms with Gasteiger partial charge in [0.25, 0.3) is 0 Å². The Balaban J connectivity index is 2.69. The van der Waals surface area contributed by atoms with Crippen LogP contribution < -0.4 is 5.73 Å². The fraction of sp³-hybridized carbons (Fsp3) is 0.400. The van der Waals surface area contributed by atoms with Crippen LogP contribution in [0, 0.1) is 0 Å². The predicted molar refractivity (Wildman–Crippen MR) is 58.3 cm³/mol. The fourth-order valence-electron chi connectivity index (χ4n) is 1.24. The molecule has 0 saturated carbocycles. The van der Waals surface area contributed by atoms with E-state index in [2.05, 4.69) is 13.1 Å². The van der Waals surface area contributed by atoms with Gasteiger partial charge in [0, 0.05) is 0 Å². The topological polar surface area (TPSA) is 46.2 Å². The molecule has 0 fully saturated rings. The van der Waals surface area contributed by atoms with Crippen molar-refractivity contribution < 1.29 is 5.11 Å². The SMILES string of the molecule is C[Si](C)(CN)Cc1ccc(O)cc1. The second-order valence-corrected chi connectivity index (χ2v) is 9.30. The number of phenolic OH excluding ortho intramolecular Hbond substituents is 1. The van der Waals surface area contributed by atoms with Gasteiger partial charge in [0.05, 0.1) is 8.07 Å². The van der Waals surface area contributed by atoms with Crippen LogP contribution >= 0.6 is 0 Å². The van der Waals surface area contributed by atoms with Crippen LogP contribution in [0.4, 0.5) is 0 Å². The van der Waals surface area contributed by atoms with Crippen molar-refractivity contribution in [1.82, 2.24) is 0 Å². The van der Waals surface area contributed by atoms with E-state index in [1.54, 1.807) is 12.1 Å². The third kappa shape index (κ3) is 3.20. The number of hydrogen-bond donors (Lipinski definition) is 2. The zero-order valence-corrected chi connectivity index (χ0v) is 9.25. The van der Waals surface area contributed by atoms with E-state index >= 15 is 0 Å². The number of phenols is 1. The molecule has 3 N–H and O–H groups in total. The van der Waals surface area contributed by atoms with Crippen LogP contribution in [0.15, 0.2) is 24.3 Å². The highest BCUT2D eigenvalue weighted by molar-refractivity contribution is 6.77. The van der Waals surface area contributed by atoms with Crippen molar-refractivity contribution in [2.45, 2.75) is 19.1 Å². The highest BCUT2D eigenvalue weighted by atomic mass is 28.3. The number of aromatic hydroxyl groups is 1. The third-order valence-electron chi connectivity index (χ3n) is 2.17. The molecule has 0 aromatic heterocycles. The minimum atomic E-state index is -1.24. The molecule has 13 heavy (non-hydrogen) atoms. The Bertz CT molecular complexity index is 269. The van der Waals surface area contributed by atoms with Crippen molar-refractivity contribution in [3.8, 4) is 5.75 Å². The monoisotopic (exact) mass is 195 g/mol. The zero-order valence-electron chi connectivity index (χ0n) is 8.25. The third-order valence-corrected chi connectivity index (χ3v) is 4.64. The Morgan fingerprint density at radius 1 is 1.23 bits per heavy atom. The van der Waals surface area contributed by atoms with Gasteiger partial charge in [-0.1, -0.05) is 30.8 Å². The summed E-state index contributed by atoms with van der Waals surface area (Å²) in [6.07, 6.45) is 0.813. The molecule has 0 atom stereocenters. The van der Waals surface area contributed by atoms with Gasteiger partial charge in [-0.25, -0.2) is 0 Å². The summed E-state index contributed by atoms with van der Waals surface area (Å²) in [6.45, 7) is 4.56. The summed E-state index contributed by atoms with van der Waals surface area (Å²) >= 11 is 0. The van der Waals surface area contributed by atoms with Crippen molar-refractivity contribution >= 4 is 8.07 Å². The van der Waals surface area contributed by atoms with Gasteiger partial charge in [-0.3, -0.25) is 0 Å². The molecule has 72 valence electrons. The summed E-state index contributed by atoms with van der Waals surface area (Å²) in [6, 6.07) is 8.50. The van der Waals surface area contributed by atoms with Crippen LogP contribution in [0.1, 0.15) is 5.56 Å². The molecule has 0 aliphatic carbocycles. The molecule has 0 bridgehead atoms. The molecule has 0 amide bonds. The Morgan fingerprint density at radius 2 is 1.77 bits per heavy atom. The molecule has 0 aliphatic heterocycles. The number of benzene rings is 1. The molecule has 1 aromatic rings. The quantitative estimate of drug-likeness (QED) is 0.721. The lowest BCUT2D eigenvalue weighted by atomic mass is 10.2. The summed E-state index contributed by atoms with van der Waals surface area (Å²) in [5, 5.41) is 9.10. The lowest BCUT2D eigenvalue weighted by Crippen LogP contribution is -2.39. The molecule has 1 aromatic carbocycles. The molecule has 0 heterocycles. The smallest absolute Gasteiger partial charge is 0.115 e. The molecule has 2 nitrogen and oxygen atoms in total. The van der Waals surface area contributed by atoms with Crippen molar-refractivity contribution in [1.29, 1.82) is 0 Å². The lowest BCUT2D eigenvalue weighted by molar-refractivity contribution is 0.475. The van der Waals surface area contributed by atoms with Gasteiger partial charge in [0.2, 0.25) is 0 Å². The Kier molecular flexibility index (Phi) is 3.11. The van der Waals surface area contributed by atoms with Crippen LogP contribution in [0.3, 0.4) is 0 Å². The summed E-state index contributed by atoms with van der Waals surface area (Å²) in [5.41, 5.74) is 6.97. The van der Waals surface area contributed by atoms with Gasteiger partial charge in [-0.15, -0.1) is 0 Å². The van der Waals surface area contributed by atoms with E-state index in [9.17, 15) is 0 Å². The molecule has 0 saturated heterocycles. The van der Waals surface area contributed by atoms with Crippen LogP contribution in [0.25, 0.3) is 0 Å². The number of hydrogen-bond acceptors (Lipinski definition) is 2. The first-order chi connectivity index (χ1) is 6.03. The van der Waals surface area contributed by atoms with E-state index in [1.807, 2.05) is 12.1 Å². The Morgan fingerprint density at radius 3 is 2.23 bits per heavy atom. The zero-order chi connectivity index (χ0) is 9.90. The van der Waals surface area contributed by atoms with Crippen molar-refractivity contribution in [2.75, 3.05) is 6.17 Å². The largest absolute Gasteiger partial charge is 0.508 e. The van der Waals surface area contributed by atoms with Crippen LogP contribution in [0.5, 0.6) is 5.75 Å². The van der Waals surface area contributed by atoms with Crippen molar-refractivity contribution in [3.63, 3.8) is 0 Å². The van der Waals surface area contributed by atoms with Gasteiger partial charge in [-0.05, 0) is 24.3 Å². The van der Waals surface area contributed by atoms with Gasteiger partial charge >= 0.3 is 0 Å². The van der Waals surface area contributed by atoms with E-state index < -0.39 is 8.07 Å². The number of nitrogens with two attached hydrogens (primary N) is 1. The maximum absolute atomic E-state index is 9.10. The van der Waals surface area contributed by atoms with Gasteiger partial charge in [0.15, 0.2) is 0 Å². The Hall–Kier alpha value is -0.803. The van der Waals surface area contributed by atoms with Crippen LogP contribution in [-0.4, -0.2) is 19.3 Å². The molecule has 1 rings (SSSR count). The van der Waals surface area contributed by atoms with Crippen molar-refractivity contribution in [3.05, 3.63) is 29.8 Å². The average Bonchev–Trinajstić information content (AvgIpc) is 2.09. The Labute approximate surface area is 80.4 Å². The molecule has 0 aliphatic rings. The second kappa shape index (κ2) is 3.94. The lowest BCUT2D eigenvalue weighted by Gasteiger charge is -2.19. The second-order valence-electron chi connectivity index (χ2n) is 4.21. The normalized spacial score (nSPS) is 11.6. The molecule has 0 spiro atoms. The molecule has 3 heteroatoms. The standard InChI is InChI=1S/C10H17NOSi/c1-13(2,8-11)7-9-3-5-10(12)6-4-9/h3-6,12H,7-8,11H2,1-2H3. The van der Waals surface area contributed by atoms with Crippen molar-refractivity contribution in [2.24, 2.45) is 5.73 Å². The summed E-state index contributed by atoms with van der Waals surface area (Å²) in [5.74, 6) is 0.330. The minimum absolute atomic E-state index is 0.330. The van der Waals surface area contributed by atoms with E-state index in [4.69, 9.17) is 10.8 Å². The minimum Gasteiger partial charge on any atom is -0.508 e. The maximum Gasteiger partial charge on any atom is 0.115 e. The maximum atomic E-state index is 9.10. The summed E-state index contributed by atoms with van der Waals surface area (Å²) in [7, 11) is -1.24. The fourth-order valence-corrected chi connectivity index (χ4v) is 2.72. The van der Waals surface area contributed by atoms with Crippen LogP contribution in [-0.2, 0) is 6.04 Å². The summed E-state index contributed by atoms with van der Waals surface area (Å²) < 4.78 is 0. The van der Waals surface area contributed by atoms with E-state index in [0.29, 0.717) is 5.75 Å². The highest BCUT2D eigenvalue weighted by Crippen LogP contribution is 2.14. The van der Waals surface area contributed by atoms with Gasteiger partial charge in [-0.2, -0.15) is 0 Å². The van der Waals surface area contributed by atoms with E-state index in [-0.39, 0.29) is 0 Å². The first-order valence-electron chi connectivity index (χ1n) is 4.51. The van der Waals surface area contributed by atoms with Gasteiger partial charge < -0.3 is 10.8 Å². The molecule has 0 unspecified atom stereocenters. The molecule has 0 radical (unpaired) electrons. The average molecular weight is 195 g/mol. The number of rotatable bonds is 3. The molecular formula is C10H17NOSi.